The molecule has 2 fully saturated rings. The number of amides is 1. The molecule has 0 bridgehead atoms. The van der Waals surface area contributed by atoms with E-state index in [-0.39, 0.29) is 36.9 Å². The van der Waals surface area contributed by atoms with Gasteiger partial charge >= 0.3 is 0 Å². The Kier molecular flexibility index (Phi) is 9.11. The number of aliphatic hydroxyl groups is 1. The number of carbonyl (C=O) groups is 1. The van der Waals surface area contributed by atoms with Gasteiger partial charge < -0.3 is 33.5 Å². The lowest BCUT2D eigenvalue weighted by atomic mass is 9.93. The molecule has 1 N–H and O–H groups in total. The van der Waals surface area contributed by atoms with Crippen molar-refractivity contribution in [2.75, 3.05) is 52.6 Å². The highest BCUT2D eigenvalue weighted by atomic mass is 16.7. The van der Waals surface area contributed by atoms with Crippen LogP contribution in [-0.4, -0.2) is 85.8 Å². The van der Waals surface area contributed by atoms with Crippen LogP contribution in [0.1, 0.15) is 50.0 Å². The first kappa shape index (κ1) is 26.9. The molecule has 4 heterocycles. The molecule has 2 aromatic rings. The zero-order valence-electron chi connectivity index (χ0n) is 21.9. The zero-order chi connectivity index (χ0) is 26.3. The Balaban J connectivity index is 1.31. The van der Waals surface area contributed by atoms with E-state index in [1.807, 2.05) is 17.0 Å². The van der Waals surface area contributed by atoms with Gasteiger partial charge in [0.05, 0.1) is 38.1 Å². The molecule has 9 heteroatoms. The average Bonchev–Trinajstić information content (AvgIpc) is 2.97. The van der Waals surface area contributed by atoms with Gasteiger partial charge in [0, 0.05) is 37.0 Å². The van der Waals surface area contributed by atoms with Gasteiger partial charge in [-0.1, -0.05) is 18.6 Å². The molecule has 0 aliphatic carbocycles. The van der Waals surface area contributed by atoms with Crippen molar-refractivity contribution in [2.24, 2.45) is 0 Å². The molecule has 0 spiro atoms. The summed E-state index contributed by atoms with van der Waals surface area (Å²) in [6, 6.07) is 7.68. The summed E-state index contributed by atoms with van der Waals surface area (Å²) in [6.45, 7) is 4.39. The summed E-state index contributed by atoms with van der Waals surface area (Å²) in [4.78, 5) is 31.3. The van der Waals surface area contributed by atoms with Gasteiger partial charge in [0.15, 0.2) is 11.2 Å². The van der Waals surface area contributed by atoms with Crippen LogP contribution in [0.3, 0.4) is 0 Å². The minimum Gasteiger partial charge on any atom is -0.464 e. The summed E-state index contributed by atoms with van der Waals surface area (Å²) in [5, 5.41) is 9.41. The number of piperidine rings is 2. The van der Waals surface area contributed by atoms with E-state index in [0.717, 1.165) is 25.9 Å². The number of benzene rings is 1. The lowest BCUT2D eigenvalue weighted by Gasteiger charge is -2.40. The van der Waals surface area contributed by atoms with E-state index in [9.17, 15) is 9.59 Å². The Morgan fingerprint density at radius 2 is 1.82 bits per heavy atom. The predicted octanol–water partition coefficient (Wildman–Crippen LogP) is 3.01. The van der Waals surface area contributed by atoms with Gasteiger partial charge in [-0.05, 0) is 57.0 Å². The first-order valence-electron chi connectivity index (χ1n) is 13.9. The number of nitrogens with zero attached hydrogens (tertiary/aromatic N) is 2. The normalized spacial score (nSPS) is 23.3. The third-order valence-corrected chi connectivity index (χ3v) is 7.80. The van der Waals surface area contributed by atoms with E-state index in [1.54, 1.807) is 18.2 Å². The molecule has 3 aliphatic heterocycles. The SMILES string of the molecule is O=C(C1=C[C@@H](c2coc3ccccc3c2=O)C[C@@H](OCCOCCO)O1)N1CCC(N2CCCCC2)CC1. The molecule has 3 aliphatic rings. The smallest absolute Gasteiger partial charge is 0.288 e. The number of ether oxygens (including phenoxy) is 3. The number of aliphatic hydroxyl groups excluding tert-OH is 1. The van der Waals surface area contributed by atoms with Crippen LogP contribution in [0.25, 0.3) is 11.0 Å². The lowest BCUT2D eigenvalue weighted by Crippen LogP contribution is -2.49. The third-order valence-electron chi connectivity index (χ3n) is 7.80. The molecule has 2 saturated heterocycles. The van der Waals surface area contributed by atoms with Gasteiger partial charge in [-0.3, -0.25) is 9.59 Å². The van der Waals surface area contributed by atoms with E-state index in [1.165, 1.54) is 25.5 Å². The summed E-state index contributed by atoms with van der Waals surface area (Å²) in [6.07, 6.45) is 8.65. The number of carbonyl (C=O) groups excluding carboxylic acids is 1. The fourth-order valence-corrected chi connectivity index (χ4v) is 5.75. The van der Waals surface area contributed by atoms with Crippen molar-refractivity contribution in [2.45, 2.75) is 56.8 Å². The van der Waals surface area contributed by atoms with Crippen molar-refractivity contribution in [3.05, 3.63) is 58.2 Å². The molecule has 1 amide bonds. The van der Waals surface area contributed by atoms with Crippen molar-refractivity contribution < 1.29 is 28.5 Å². The minimum atomic E-state index is -0.710. The van der Waals surface area contributed by atoms with E-state index < -0.39 is 12.2 Å². The fourth-order valence-electron chi connectivity index (χ4n) is 5.75. The Hall–Kier alpha value is -2.72. The molecule has 38 heavy (non-hydrogen) atoms. The molecule has 1 aromatic carbocycles. The van der Waals surface area contributed by atoms with Crippen molar-refractivity contribution in [3.8, 4) is 0 Å². The highest BCUT2D eigenvalue weighted by Gasteiger charge is 2.34. The number of allylic oxidation sites excluding steroid dienone is 1. The number of rotatable bonds is 9. The fraction of sp³-hybridized carbons (Fsp3) is 0.586. The van der Waals surface area contributed by atoms with Crippen LogP contribution >= 0.6 is 0 Å². The van der Waals surface area contributed by atoms with Crippen molar-refractivity contribution in [1.29, 1.82) is 0 Å². The van der Waals surface area contributed by atoms with E-state index in [0.29, 0.717) is 48.7 Å². The number of hydrogen-bond donors (Lipinski definition) is 1. The topological polar surface area (TPSA) is 102 Å². The van der Waals surface area contributed by atoms with Crippen LogP contribution in [0, 0.1) is 0 Å². The molecule has 0 unspecified atom stereocenters. The Morgan fingerprint density at radius 3 is 2.61 bits per heavy atom. The van der Waals surface area contributed by atoms with Crippen LogP contribution in [0.5, 0.6) is 0 Å². The zero-order valence-corrected chi connectivity index (χ0v) is 21.9. The van der Waals surface area contributed by atoms with Crippen LogP contribution in [-0.2, 0) is 19.0 Å². The first-order valence-corrected chi connectivity index (χ1v) is 13.9. The summed E-state index contributed by atoms with van der Waals surface area (Å²) >= 11 is 0. The second kappa shape index (κ2) is 12.9. The molecular weight excluding hydrogens is 488 g/mol. The number of hydrogen-bond acceptors (Lipinski definition) is 8. The Bertz CT molecular complexity index is 1160. The number of likely N-dealkylation sites (tertiary alicyclic amines) is 2. The highest BCUT2D eigenvalue weighted by molar-refractivity contribution is 5.92. The third kappa shape index (κ3) is 6.29. The summed E-state index contributed by atoms with van der Waals surface area (Å²) < 4.78 is 23.0. The molecule has 206 valence electrons. The van der Waals surface area contributed by atoms with E-state index in [2.05, 4.69) is 4.90 Å². The average molecular weight is 527 g/mol. The van der Waals surface area contributed by atoms with Gasteiger partial charge in [-0.2, -0.15) is 0 Å². The molecule has 1 aromatic heterocycles. The minimum absolute atomic E-state index is 0.0599. The standard InChI is InChI=1S/C29H38N2O7/c32-14-15-35-16-17-36-27-19-21(24-20-37-25-7-3-2-6-23(25)28(24)33)18-26(38-27)29(34)31-12-8-22(9-13-31)30-10-4-1-5-11-30/h2-3,6-7,18,20-22,27,32H,1,4-5,8-17,19H2/t21-,27+/m1/s1. The predicted molar refractivity (Wildman–Crippen MR) is 142 cm³/mol. The quantitative estimate of drug-likeness (QED) is 0.498. The molecule has 2 atom stereocenters. The van der Waals surface area contributed by atoms with Crippen LogP contribution in [0.2, 0.25) is 0 Å². The van der Waals surface area contributed by atoms with Crippen molar-refractivity contribution in [1.82, 2.24) is 9.80 Å². The molecule has 9 nitrogen and oxygen atoms in total. The number of para-hydroxylation sites is 1. The second-order valence-electron chi connectivity index (χ2n) is 10.3. The summed E-state index contributed by atoms with van der Waals surface area (Å²) in [5.74, 6) is -0.341. The molecular formula is C29H38N2O7. The maximum absolute atomic E-state index is 13.6. The summed E-state index contributed by atoms with van der Waals surface area (Å²) in [7, 11) is 0. The van der Waals surface area contributed by atoms with Crippen LogP contribution in [0.4, 0.5) is 0 Å². The maximum Gasteiger partial charge on any atom is 0.288 e. The Labute approximate surface area is 222 Å². The monoisotopic (exact) mass is 526 g/mol. The largest absolute Gasteiger partial charge is 0.464 e. The first-order chi connectivity index (χ1) is 18.6. The van der Waals surface area contributed by atoms with Gasteiger partial charge in [0.2, 0.25) is 6.29 Å². The van der Waals surface area contributed by atoms with Gasteiger partial charge in [-0.25, -0.2) is 0 Å². The highest BCUT2D eigenvalue weighted by Crippen LogP contribution is 2.32. The second-order valence-corrected chi connectivity index (χ2v) is 10.3. The van der Waals surface area contributed by atoms with Crippen molar-refractivity contribution >= 4 is 16.9 Å². The lowest BCUT2D eigenvalue weighted by molar-refractivity contribution is -0.157. The Morgan fingerprint density at radius 1 is 1.03 bits per heavy atom. The maximum atomic E-state index is 13.6. The summed E-state index contributed by atoms with van der Waals surface area (Å²) in [5.41, 5.74) is 0.888. The molecule has 0 saturated carbocycles. The molecule has 0 radical (unpaired) electrons. The van der Waals surface area contributed by atoms with Crippen molar-refractivity contribution in [3.63, 3.8) is 0 Å². The van der Waals surface area contributed by atoms with E-state index in [4.69, 9.17) is 23.7 Å². The van der Waals surface area contributed by atoms with Gasteiger partial charge in [-0.15, -0.1) is 0 Å². The van der Waals surface area contributed by atoms with Gasteiger partial charge in [0.1, 0.15) is 5.58 Å². The van der Waals surface area contributed by atoms with Gasteiger partial charge in [0.25, 0.3) is 5.91 Å². The van der Waals surface area contributed by atoms with Crippen LogP contribution in [0.15, 0.2) is 51.6 Å². The number of fused-ring (bicyclic) bond motifs is 1. The molecule has 5 rings (SSSR count). The van der Waals surface area contributed by atoms with Crippen LogP contribution < -0.4 is 5.43 Å². The van der Waals surface area contributed by atoms with E-state index >= 15 is 0 Å².